The zero-order chi connectivity index (χ0) is 9.73. The Bertz CT molecular complexity index is 269. The second-order valence-corrected chi connectivity index (χ2v) is 5.52. The molecule has 70 valence electrons. The molecule has 1 rings (SSSR count). The first kappa shape index (κ1) is 10.1. The average molecular weight is 196 g/mol. The van der Waals surface area contributed by atoms with Crippen LogP contribution in [0.1, 0.15) is 0 Å². The van der Waals surface area contributed by atoms with Crippen molar-refractivity contribution in [2.45, 2.75) is 0 Å². The molecule has 0 heterocycles. The largest absolute Gasteiger partial charge is 0.440 e. The van der Waals surface area contributed by atoms with Crippen molar-refractivity contribution >= 4 is 19.7 Å². The molecule has 0 saturated carbocycles. The molecule has 0 spiro atoms. The molecule has 1 aromatic rings. The molecule has 0 atom stereocenters. The summed E-state index contributed by atoms with van der Waals surface area (Å²) in [6, 6.07) is 9.29. The maximum Gasteiger partial charge on any atom is 0.440 e. The Morgan fingerprint density at radius 3 is 2.08 bits per heavy atom. The lowest BCUT2D eigenvalue weighted by atomic mass is 10.4. The highest BCUT2D eigenvalue weighted by molar-refractivity contribution is 7.01. The van der Waals surface area contributed by atoms with E-state index >= 15 is 0 Å². The molecule has 0 radical (unpaired) electrons. The minimum atomic E-state index is -2.77. The molecular weight excluding hydrogens is 184 g/mol. The molecule has 0 amide bonds. The highest BCUT2D eigenvalue weighted by Gasteiger charge is 2.38. The van der Waals surface area contributed by atoms with Crippen molar-refractivity contribution in [3.63, 3.8) is 0 Å². The van der Waals surface area contributed by atoms with Crippen LogP contribution in [0.5, 0.6) is 0 Å². The topological polar surface area (TPSA) is 35.5 Å². The van der Waals surface area contributed by atoms with E-state index in [1.807, 2.05) is 30.3 Å². The molecule has 4 heteroatoms. The molecular formula is C9H12O3Si. The first-order chi connectivity index (χ1) is 6.29. The van der Waals surface area contributed by atoms with E-state index in [-0.39, 0.29) is 0 Å². The molecule has 0 bridgehead atoms. The monoisotopic (exact) mass is 196 g/mol. The first-order valence-electron chi connectivity index (χ1n) is 3.91. The summed E-state index contributed by atoms with van der Waals surface area (Å²) in [7, 11) is 0.220. The summed E-state index contributed by atoms with van der Waals surface area (Å²) in [4.78, 5) is 10.9. The Labute approximate surface area is 78.5 Å². The van der Waals surface area contributed by atoms with Gasteiger partial charge in [-0.2, -0.15) is 0 Å². The molecule has 0 fully saturated rings. The summed E-state index contributed by atoms with van der Waals surface area (Å²) in [6.45, 7) is 0. The molecule has 0 N–H and O–H groups in total. The highest BCUT2D eigenvalue weighted by atomic mass is 28.4. The summed E-state index contributed by atoms with van der Waals surface area (Å²) >= 11 is 0. The summed E-state index contributed by atoms with van der Waals surface area (Å²) < 4.78 is 10.3. The predicted octanol–water partition coefficient (Wildman–Crippen LogP) is 0.400. The fourth-order valence-electron chi connectivity index (χ4n) is 1.15. The summed E-state index contributed by atoms with van der Waals surface area (Å²) in [5, 5.41) is 0.829. The van der Waals surface area contributed by atoms with Crippen molar-refractivity contribution in [1.82, 2.24) is 0 Å². The summed E-state index contributed by atoms with van der Waals surface area (Å²) in [5.41, 5.74) is 0. The maximum absolute atomic E-state index is 10.9. The Kier molecular flexibility index (Phi) is 3.36. The fraction of sp³-hybridized carbons (Fsp3) is 0.222. The van der Waals surface area contributed by atoms with E-state index in [1.165, 1.54) is 14.2 Å². The molecule has 13 heavy (non-hydrogen) atoms. The van der Waals surface area contributed by atoms with E-state index < -0.39 is 8.56 Å². The SMILES string of the molecule is CO[Si](C=O)(OC)c1ccccc1. The third kappa shape index (κ3) is 1.85. The van der Waals surface area contributed by atoms with Gasteiger partial charge in [-0.05, 0) is 0 Å². The molecule has 0 aliphatic carbocycles. The van der Waals surface area contributed by atoms with Crippen molar-refractivity contribution in [3.05, 3.63) is 30.3 Å². The van der Waals surface area contributed by atoms with Crippen molar-refractivity contribution in [1.29, 1.82) is 0 Å². The average Bonchev–Trinajstić information content (AvgIpc) is 2.23. The van der Waals surface area contributed by atoms with Crippen LogP contribution in [0.3, 0.4) is 0 Å². The van der Waals surface area contributed by atoms with E-state index in [0.717, 1.165) is 11.1 Å². The molecule has 1 aromatic carbocycles. The zero-order valence-corrected chi connectivity index (χ0v) is 8.69. The van der Waals surface area contributed by atoms with E-state index in [9.17, 15) is 4.79 Å². The van der Waals surface area contributed by atoms with Gasteiger partial charge in [-0.15, -0.1) is 0 Å². The third-order valence-corrected chi connectivity index (χ3v) is 4.60. The Balaban J connectivity index is 3.08. The Hall–Kier alpha value is -0.973. The number of carbonyl (C=O) groups is 1. The van der Waals surface area contributed by atoms with Crippen molar-refractivity contribution in [3.8, 4) is 0 Å². The Morgan fingerprint density at radius 2 is 1.69 bits per heavy atom. The molecule has 0 saturated heterocycles. The number of rotatable bonds is 4. The maximum atomic E-state index is 10.9. The smallest absolute Gasteiger partial charge is 0.390 e. The van der Waals surface area contributed by atoms with Crippen molar-refractivity contribution < 1.29 is 13.6 Å². The van der Waals surface area contributed by atoms with Gasteiger partial charge in [0.15, 0.2) is 5.91 Å². The lowest BCUT2D eigenvalue weighted by Crippen LogP contribution is -2.54. The second kappa shape index (κ2) is 4.32. The number of hydrogen-bond donors (Lipinski definition) is 0. The Morgan fingerprint density at radius 1 is 1.15 bits per heavy atom. The zero-order valence-electron chi connectivity index (χ0n) is 7.69. The van der Waals surface area contributed by atoms with E-state index in [4.69, 9.17) is 8.85 Å². The van der Waals surface area contributed by atoms with Gasteiger partial charge in [-0.25, -0.2) is 0 Å². The van der Waals surface area contributed by atoms with Gasteiger partial charge in [-0.3, -0.25) is 0 Å². The first-order valence-corrected chi connectivity index (χ1v) is 5.80. The van der Waals surface area contributed by atoms with Crippen LogP contribution in [0, 0.1) is 0 Å². The van der Waals surface area contributed by atoms with Crippen molar-refractivity contribution in [2.75, 3.05) is 14.2 Å². The predicted molar refractivity (Wildman–Crippen MR) is 52.6 cm³/mol. The van der Waals surface area contributed by atoms with Gasteiger partial charge in [-0.1, -0.05) is 30.3 Å². The molecule has 0 aliphatic heterocycles. The molecule has 0 aliphatic rings. The minimum Gasteiger partial charge on any atom is -0.390 e. The van der Waals surface area contributed by atoms with Crippen LogP contribution in [0.4, 0.5) is 0 Å². The molecule has 0 aromatic heterocycles. The second-order valence-electron chi connectivity index (χ2n) is 2.56. The van der Waals surface area contributed by atoms with Crippen molar-refractivity contribution in [2.24, 2.45) is 0 Å². The van der Waals surface area contributed by atoms with Gasteiger partial charge < -0.3 is 13.6 Å². The van der Waals surface area contributed by atoms with Gasteiger partial charge in [0.25, 0.3) is 0 Å². The lowest BCUT2D eigenvalue weighted by Gasteiger charge is -2.20. The number of benzene rings is 1. The normalized spacial score (nSPS) is 11.2. The van der Waals surface area contributed by atoms with Gasteiger partial charge in [0, 0.05) is 19.4 Å². The van der Waals surface area contributed by atoms with Gasteiger partial charge >= 0.3 is 8.56 Å². The lowest BCUT2D eigenvalue weighted by molar-refractivity contribution is 0.274. The standard InChI is InChI=1S/C9H12O3Si/c1-11-13(8-10,12-2)9-6-4-3-5-7-9/h3-8H,1-2H3. The van der Waals surface area contributed by atoms with Crippen LogP contribution in [-0.4, -0.2) is 28.7 Å². The van der Waals surface area contributed by atoms with E-state index in [2.05, 4.69) is 0 Å². The van der Waals surface area contributed by atoms with Crippen LogP contribution in [0.15, 0.2) is 30.3 Å². The van der Waals surface area contributed by atoms with Crippen LogP contribution in [-0.2, 0) is 13.6 Å². The van der Waals surface area contributed by atoms with Crippen LogP contribution >= 0.6 is 0 Å². The van der Waals surface area contributed by atoms with E-state index in [0.29, 0.717) is 0 Å². The third-order valence-electron chi connectivity index (χ3n) is 1.94. The highest BCUT2D eigenvalue weighted by Crippen LogP contribution is 2.02. The quantitative estimate of drug-likeness (QED) is 0.516. The minimum absolute atomic E-state index is 0.780. The van der Waals surface area contributed by atoms with Crippen LogP contribution < -0.4 is 5.19 Å². The molecule has 0 unspecified atom stereocenters. The van der Waals surface area contributed by atoms with Crippen LogP contribution in [0.25, 0.3) is 0 Å². The number of hydrogen-bond acceptors (Lipinski definition) is 3. The summed E-state index contributed by atoms with van der Waals surface area (Å²) in [6.07, 6.45) is 0. The van der Waals surface area contributed by atoms with E-state index in [1.54, 1.807) is 0 Å². The van der Waals surface area contributed by atoms with Gasteiger partial charge in [0.2, 0.25) is 0 Å². The van der Waals surface area contributed by atoms with Gasteiger partial charge in [0.05, 0.1) is 0 Å². The van der Waals surface area contributed by atoms with Crippen LogP contribution in [0.2, 0.25) is 0 Å². The fourth-order valence-corrected chi connectivity index (χ4v) is 2.78. The molecule has 3 nitrogen and oxygen atoms in total. The summed E-state index contributed by atoms with van der Waals surface area (Å²) in [5.74, 6) is 0.780. The number of carbonyl (C=O) groups excluding carboxylic acids is 1. The van der Waals surface area contributed by atoms with Gasteiger partial charge in [0.1, 0.15) is 0 Å².